The number of nitrogens with zero attached hydrogens (tertiary/aromatic N) is 3. The van der Waals surface area contributed by atoms with Crippen LogP contribution in [-0.4, -0.2) is 34.6 Å². The molecular formula is C22H23N3O4. The van der Waals surface area contributed by atoms with Crippen LogP contribution in [-0.2, 0) is 4.79 Å². The maximum Gasteiger partial charge on any atom is 0.227 e. The first kappa shape index (κ1) is 19.0. The van der Waals surface area contributed by atoms with Gasteiger partial charge in [0.05, 0.1) is 0 Å². The topological polar surface area (TPSA) is 77.6 Å². The van der Waals surface area contributed by atoms with Crippen LogP contribution in [0.4, 0.5) is 5.69 Å². The van der Waals surface area contributed by atoms with E-state index < -0.39 is 0 Å². The number of rotatable bonds is 6. The smallest absolute Gasteiger partial charge is 0.227 e. The van der Waals surface area contributed by atoms with Crippen LogP contribution in [0.2, 0.25) is 0 Å². The molecule has 7 heteroatoms. The highest BCUT2D eigenvalue weighted by Crippen LogP contribution is 2.25. The van der Waals surface area contributed by atoms with Gasteiger partial charge >= 0.3 is 0 Å². The van der Waals surface area contributed by atoms with Crippen LogP contribution in [0.5, 0.6) is 5.75 Å². The molecule has 3 aromatic rings. The van der Waals surface area contributed by atoms with E-state index in [0.29, 0.717) is 29.3 Å². The highest BCUT2D eigenvalue weighted by molar-refractivity contribution is 5.99. The van der Waals surface area contributed by atoms with E-state index in [1.807, 2.05) is 49.6 Å². The van der Waals surface area contributed by atoms with Crippen molar-refractivity contribution in [1.29, 1.82) is 0 Å². The fourth-order valence-electron chi connectivity index (χ4n) is 3.73. The van der Waals surface area contributed by atoms with Gasteiger partial charge in [0.15, 0.2) is 12.4 Å². The molecule has 1 fully saturated rings. The molecule has 7 nitrogen and oxygen atoms in total. The zero-order chi connectivity index (χ0) is 20.5. The second-order valence-corrected chi connectivity index (χ2v) is 7.27. The molecule has 1 amide bonds. The normalized spacial score (nSPS) is 13.9. The number of ether oxygens (including phenoxy) is 1. The van der Waals surface area contributed by atoms with Gasteiger partial charge in [-0.1, -0.05) is 5.16 Å². The van der Waals surface area contributed by atoms with Crippen molar-refractivity contribution in [1.82, 2.24) is 9.72 Å². The summed E-state index contributed by atoms with van der Waals surface area (Å²) in [5.41, 5.74) is 3.16. The Kier molecular flexibility index (Phi) is 4.96. The summed E-state index contributed by atoms with van der Waals surface area (Å²) in [5, 5.41) is 4.04. The summed E-state index contributed by atoms with van der Waals surface area (Å²) in [6.45, 7) is 6.32. The zero-order valence-corrected chi connectivity index (χ0v) is 16.8. The summed E-state index contributed by atoms with van der Waals surface area (Å²) in [4.78, 5) is 26.3. The van der Waals surface area contributed by atoms with Gasteiger partial charge in [0.25, 0.3) is 0 Å². The number of carbonyl (C=O) groups excluding carboxylic acids is 2. The molecule has 0 unspecified atom stereocenters. The van der Waals surface area contributed by atoms with E-state index in [2.05, 4.69) is 5.16 Å². The first-order valence-electron chi connectivity index (χ1n) is 9.63. The second-order valence-electron chi connectivity index (χ2n) is 7.27. The van der Waals surface area contributed by atoms with Crippen molar-refractivity contribution in [3.63, 3.8) is 0 Å². The van der Waals surface area contributed by atoms with E-state index in [9.17, 15) is 9.59 Å². The van der Waals surface area contributed by atoms with E-state index >= 15 is 0 Å². The lowest BCUT2D eigenvalue weighted by Crippen LogP contribution is -2.23. The van der Waals surface area contributed by atoms with E-state index in [4.69, 9.17) is 9.26 Å². The fourth-order valence-corrected chi connectivity index (χ4v) is 3.73. The number of amides is 1. The summed E-state index contributed by atoms with van der Waals surface area (Å²) in [6.07, 6.45) is 1.48. The number of benzene rings is 1. The highest BCUT2D eigenvalue weighted by Gasteiger charge is 2.22. The molecule has 4 rings (SSSR count). The minimum Gasteiger partial charge on any atom is -0.485 e. The van der Waals surface area contributed by atoms with Crippen molar-refractivity contribution in [3.8, 4) is 11.6 Å². The number of hydrogen-bond donors (Lipinski definition) is 0. The summed E-state index contributed by atoms with van der Waals surface area (Å²) >= 11 is 0. The van der Waals surface area contributed by atoms with E-state index in [1.165, 1.54) is 0 Å². The number of aromatic nitrogens is 2. The molecule has 0 bridgehead atoms. The van der Waals surface area contributed by atoms with Crippen molar-refractivity contribution >= 4 is 17.4 Å². The van der Waals surface area contributed by atoms with Crippen LogP contribution in [0.25, 0.3) is 5.82 Å². The molecular weight excluding hydrogens is 370 g/mol. The predicted molar refractivity (Wildman–Crippen MR) is 108 cm³/mol. The second kappa shape index (κ2) is 7.58. The Morgan fingerprint density at radius 1 is 1.17 bits per heavy atom. The van der Waals surface area contributed by atoms with Crippen molar-refractivity contribution in [3.05, 3.63) is 59.1 Å². The standard InChI is InChI=1S/C22H23N3O4/c1-14-11-19(16(3)25(14)21-12-15(2)29-23-21)20(26)13-28-18-8-6-17(7-9-18)24-10-4-5-22(24)27/h6-9,11-12H,4-5,10,13H2,1-3H3. The minimum atomic E-state index is -0.108. The summed E-state index contributed by atoms with van der Waals surface area (Å²) in [6, 6.07) is 10.9. The van der Waals surface area contributed by atoms with Crippen LogP contribution < -0.4 is 9.64 Å². The monoisotopic (exact) mass is 393 g/mol. The van der Waals surface area contributed by atoms with Crippen molar-refractivity contribution < 1.29 is 18.8 Å². The summed E-state index contributed by atoms with van der Waals surface area (Å²) < 4.78 is 12.7. The first-order chi connectivity index (χ1) is 13.9. The van der Waals surface area contributed by atoms with E-state index in [-0.39, 0.29) is 18.3 Å². The average Bonchev–Trinajstić information content (AvgIpc) is 3.39. The van der Waals surface area contributed by atoms with Crippen LogP contribution in [0.1, 0.15) is 40.3 Å². The van der Waals surface area contributed by atoms with Crippen molar-refractivity contribution in [2.45, 2.75) is 33.6 Å². The number of aryl methyl sites for hydroxylation is 2. The number of Topliss-reactive ketones (excluding diaryl/α,β-unsaturated/α-hetero) is 1. The Bertz CT molecular complexity index is 1060. The maximum atomic E-state index is 12.7. The number of anilines is 1. The zero-order valence-electron chi connectivity index (χ0n) is 16.8. The van der Waals surface area contributed by atoms with Gasteiger partial charge in [-0.05, 0) is 57.5 Å². The van der Waals surface area contributed by atoms with E-state index in [0.717, 1.165) is 30.0 Å². The lowest BCUT2D eigenvalue weighted by molar-refractivity contribution is -0.117. The van der Waals surface area contributed by atoms with Gasteiger partial charge in [-0.3, -0.25) is 14.2 Å². The Labute approximate surface area is 168 Å². The third kappa shape index (κ3) is 3.68. The number of carbonyl (C=O) groups is 2. The van der Waals surface area contributed by atoms with Crippen LogP contribution in [0.3, 0.4) is 0 Å². The van der Waals surface area contributed by atoms with Gasteiger partial charge in [0.2, 0.25) is 11.7 Å². The quantitative estimate of drug-likeness (QED) is 0.596. The molecule has 3 heterocycles. The molecule has 0 N–H and O–H groups in total. The minimum absolute atomic E-state index is 0.0653. The molecule has 1 aliphatic rings. The summed E-state index contributed by atoms with van der Waals surface area (Å²) in [7, 11) is 0. The molecule has 0 radical (unpaired) electrons. The van der Waals surface area contributed by atoms with Crippen LogP contribution in [0.15, 0.2) is 40.9 Å². The molecule has 29 heavy (non-hydrogen) atoms. The summed E-state index contributed by atoms with van der Waals surface area (Å²) in [5.74, 6) is 2.00. The highest BCUT2D eigenvalue weighted by atomic mass is 16.5. The molecule has 1 aromatic carbocycles. The predicted octanol–water partition coefficient (Wildman–Crippen LogP) is 3.78. The molecule has 0 atom stereocenters. The number of ketones is 1. The van der Waals surface area contributed by atoms with Crippen LogP contribution >= 0.6 is 0 Å². The molecule has 0 spiro atoms. The Morgan fingerprint density at radius 3 is 2.55 bits per heavy atom. The molecule has 0 saturated carbocycles. The lowest BCUT2D eigenvalue weighted by Gasteiger charge is -2.16. The average molecular weight is 393 g/mol. The van der Waals surface area contributed by atoms with Gasteiger partial charge < -0.3 is 14.2 Å². The third-order valence-electron chi connectivity index (χ3n) is 5.17. The van der Waals surface area contributed by atoms with Crippen molar-refractivity contribution in [2.24, 2.45) is 0 Å². The molecule has 1 aliphatic heterocycles. The number of hydrogen-bond acceptors (Lipinski definition) is 5. The van der Waals surface area contributed by atoms with Crippen molar-refractivity contribution in [2.75, 3.05) is 18.1 Å². The maximum absolute atomic E-state index is 12.7. The van der Waals surface area contributed by atoms with E-state index in [1.54, 1.807) is 17.0 Å². The lowest BCUT2D eigenvalue weighted by atomic mass is 10.1. The Morgan fingerprint density at radius 2 is 1.93 bits per heavy atom. The molecule has 2 aromatic heterocycles. The molecule has 1 saturated heterocycles. The third-order valence-corrected chi connectivity index (χ3v) is 5.17. The van der Waals surface area contributed by atoms with Gasteiger partial charge in [-0.2, -0.15) is 0 Å². The van der Waals surface area contributed by atoms with Gasteiger partial charge in [-0.15, -0.1) is 0 Å². The largest absolute Gasteiger partial charge is 0.485 e. The Balaban J connectivity index is 1.44. The Hall–Kier alpha value is -3.35. The molecule has 150 valence electrons. The first-order valence-corrected chi connectivity index (χ1v) is 9.63. The van der Waals surface area contributed by atoms with Gasteiger partial charge in [0, 0.05) is 41.7 Å². The van der Waals surface area contributed by atoms with Gasteiger partial charge in [-0.25, -0.2) is 0 Å². The van der Waals surface area contributed by atoms with Crippen LogP contribution in [0, 0.1) is 20.8 Å². The SMILES string of the molecule is Cc1cc(-n2c(C)cc(C(=O)COc3ccc(N4CCCC4=O)cc3)c2C)no1. The molecule has 0 aliphatic carbocycles. The van der Waals surface area contributed by atoms with Gasteiger partial charge in [0.1, 0.15) is 11.5 Å². The fraction of sp³-hybridized carbons (Fsp3) is 0.318.